The number of alkyl halides is 2. The molecule has 0 bridgehead atoms. The van der Waals surface area contributed by atoms with Gasteiger partial charge in [0.2, 0.25) is 5.91 Å². The number of carbonyl (C=O) groups excluding carboxylic acids is 1. The number of pyridine rings is 3. The van der Waals surface area contributed by atoms with Gasteiger partial charge in [0, 0.05) is 62.6 Å². The van der Waals surface area contributed by atoms with Crippen molar-refractivity contribution in [1.29, 1.82) is 0 Å². The van der Waals surface area contributed by atoms with Gasteiger partial charge in [0.15, 0.2) is 11.5 Å². The summed E-state index contributed by atoms with van der Waals surface area (Å²) in [4.78, 5) is 34.5. The number of hydrogen-bond donors (Lipinski definition) is 1. The van der Waals surface area contributed by atoms with Crippen LogP contribution in [-0.4, -0.2) is 44.7 Å². The van der Waals surface area contributed by atoms with Crippen LogP contribution < -0.4 is 10.9 Å². The second kappa shape index (κ2) is 9.66. The largest absolute Gasteiger partial charge is 0.361 e. The molecule has 0 aromatic carbocycles. The zero-order valence-corrected chi connectivity index (χ0v) is 22.8. The molecular weight excluding hydrogens is 510 g/mol. The van der Waals surface area contributed by atoms with Crippen molar-refractivity contribution < 1.29 is 18.3 Å². The summed E-state index contributed by atoms with van der Waals surface area (Å²) in [5, 5.41) is 8.05. The lowest BCUT2D eigenvalue weighted by molar-refractivity contribution is -0.117. The van der Waals surface area contributed by atoms with Gasteiger partial charge in [-0.15, -0.1) is 5.10 Å². The Bertz CT molecular complexity index is 1580. The molecule has 1 saturated carbocycles. The molecule has 38 heavy (non-hydrogen) atoms. The molecule has 0 radical (unpaired) electrons. The number of nitrogens with one attached hydrogen (secondary N) is 1. The zero-order valence-electron chi connectivity index (χ0n) is 21.8. The summed E-state index contributed by atoms with van der Waals surface area (Å²) in [5.74, 6) is -2.60. The first-order chi connectivity index (χ1) is 17.9. The first kappa shape index (κ1) is 26.1. The number of halogens is 2. The van der Waals surface area contributed by atoms with Crippen LogP contribution in [0.5, 0.6) is 0 Å². The minimum absolute atomic E-state index is 0.0146. The molecule has 1 fully saturated rings. The van der Waals surface area contributed by atoms with Crippen molar-refractivity contribution in [2.24, 2.45) is 5.92 Å². The first-order valence-electron chi connectivity index (χ1n) is 12.6. The Morgan fingerprint density at radius 2 is 1.97 bits per heavy atom. The maximum Gasteiger partial charge on any atom is 0.272 e. The van der Waals surface area contributed by atoms with E-state index < -0.39 is 14.0 Å². The van der Waals surface area contributed by atoms with Gasteiger partial charge in [0.1, 0.15) is 12.5 Å². The molecule has 9 nitrogen and oxygen atoms in total. The second-order valence-electron chi connectivity index (χ2n) is 11.1. The summed E-state index contributed by atoms with van der Waals surface area (Å²) in [6.45, 7) is 8.12. The highest BCUT2D eigenvalue weighted by molar-refractivity contribution is 6.76. The molecule has 1 amide bonds. The highest BCUT2D eigenvalue weighted by Gasteiger charge is 2.30. The zero-order chi connectivity index (χ0) is 27.2. The standard InChI is InChI=1S/C26H30F2N6O3Si/c1-26(27,28)17-7-8-22-31-23(32-34(22)13-17)20-14-33(15-37-9-10-38(2,3)4)25(36)19-12-29-21(11-18(19)20)30-24(35)16-5-6-16/h7-8,11-14,16H,5-6,9-10,15H2,1-4H3,(H,29,30,35). The van der Waals surface area contributed by atoms with Gasteiger partial charge in [0.05, 0.1) is 5.39 Å². The number of hydrogen-bond acceptors (Lipinski definition) is 6. The summed E-state index contributed by atoms with van der Waals surface area (Å²) in [6, 6.07) is 5.37. The van der Waals surface area contributed by atoms with Crippen molar-refractivity contribution in [2.45, 2.75) is 58.1 Å². The van der Waals surface area contributed by atoms with Crippen molar-refractivity contribution >= 4 is 36.2 Å². The van der Waals surface area contributed by atoms with Gasteiger partial charge < -0.3 is 10.1 Å². The molecule has 0 unspecified atom stereocenters. The van der Waals surface area contributed by atoms with E-state index in [1.165, 1.54) is 33.6 Å². The van der Waals surface area contributed by atoms with Gasteiger partial charge in [0.25, 0.3) is 11.5 Å². The fraction of sp³-hybridized carbons (Fsp3) is 0.423. The molecular formula is C26H30F2N6O3Si. The highest BCUT2D eigenvalue weighted by Crippen LogP contribution is 2.32. The maximum atomic E-state index is 13.9. The lowest BCUT2D eigenvalue weighted by Gasteiger charge is -2.16. The Kier molecular flexibility index (Phi) is 6.64. The molecule has 200 valence electrons. The van der Waals surface area contributed by atoms with Crippen molar-refractivity contribution in [3.8, 4) is 11.4 Å². The average Bonchev–Trinajstić information content (AvgIpc) is 3.60. The van der Waals surface area contributed by atoms with E-state index in [1.54, 1.807) is 12.3 Å². The Morgan fingerprint density at radius 1 is 1.21 bits per heavy atom. The maximum absolute atomic E-state index is 13.9. The van der Waals surface area contributed by atoms with Crippen LogP contribution in [0, 0.1) is 5.92 Å². The Morgan fingerprint density at radius 3 is 2.66 bits per heavy atom. The van der Waals surface area contributed by atoms with Gasteiger partial charge in [-0.05, 0) is 37.1 Å². The third kappa shape index (κ3) is 5.65. The predicted molar refractivity (Wildman–Crippen MR) is 143 cm³/mol. The number of rotatable bonds is 9. The van der Waals surface area contributed by atoms with E-state index in [2.05, 4.69) is 40.0 Å². The summed E-state index contributed by atoms with van der Waals surface area (Å²) in [5.41, 5.74) is 0.371. The normalized spacial score (nSPS) is 14.4. The van der Waals surface area contributed by atoms with Gasteiger partial charge >= 0.3 is 0 Å². The van der Waals surface area contributed by atoms with Crippen molar-refractivity contribution in [1.82, 2.24) is 24.1 Å². The lowest BCUT2D eigenvalue weighted by Crippen LogP contribution is -2.25. The van der Waals surface area contributed by atoms with Crippen LogP contribution in [0.15, 0.2) is 41.6 Å². The quantitative estimate of drug-likeness (QED) is 0.240. The number of fused-ring (bicyclic) bond motifs is 2. The number of amides is 1. The molecule has 4 aromatic rings. The first-order valence-corrected chi connectivity index (χ1v) is 16.3. The van der Waals surface area contributed by atoms with Gasteiger partial charge in [-0.3, -0.25) is 14.2 Å². The molecule has 12 heteroatoms. The molecule has 4 heterocycles. The summed E-state index contributed by atoms with van der Waals surface area (Å²) in [7, 11) is -1.31. The Hall–Kier alpha value is -3.51. The van der Waals surface area contributed by atoms with E-state index in [-0.39, 0.29) is 35.5 Å². The number of ether oxygens (including phenoxy) is 1. The highest BCUT2D eigenvalue weighted by atomic mass is 28.3. The molecule has 0 atom stereocenters. The summed E-state index contributed by atoms with van der Waals surface area (Å²) >= 11 is 0. The molecule has 0 spiro atoms. The number of aromatic nitrogens is 5. The summed E-state index contributed by atoms with van der Waals surface area (Å²) < 4.78 is 36.4. The Labute approximate surface area is 218 Å². The van der Waals surface area contributed by atoms with Crippen LogP contribution in [0.25, 0.3) is 27.8 Å². The van der Waals surface area contributed by atoms with Crippen molar-refractivity contribution in [2.75, 3.05) is 11.9 Å². The third-order valence-electron chi connectivity index (χ3n) is 6.48. The molecule has 1 aliphatic rings. The average molecular weight is 541 g/mol. The number of nitrogens with zero attached hydrogens (tertiary/aromatic N) is 5. The minimum atomic E-state index is -3.03. The van der Waals surface area contributed by atoms with Gasteiger partial charge in [-0.2, -0.15) is 0 Å². The predicted octanol–water partition coefficient (Wildman–Crippen LogP) is 4.88. The second-order valence-corrected chi connectivity index (χ2v) is 16.7. The van der Waals surface area contributed by atoms with E-state index in [9.17, 15) is 18.4 Å². The van der Waals surface area contributed by atoms with Crippen LogP contribution in [0.4, 0.5) is 14.6 Å². The number of anilines is 1. The molecule has 1 N–H and O–H groups in total. The fourth-order valence-electron chi connectivity index (χ4n) is 4.00. The van der Waals surface area contributed by atoms with E-state index in [0.29, 0.717) is 34.4 Å². The molecule has 0 saturated heterocycles. The fourth-order valence-corrected chi connectivity index (χ4v) is 4.76. The van der Waals surface area contributed by atoms with E-state index in [1.807, 2.05) is 0 Å². The van der Waals surface area contributed by atoms with Crippen LogP contribution >= 0.6 is 0 Å². The van der Waals surface area contributed by atoms with Crippen LogP contribution in [-0.2, 0) is 22.2 Å². The smallest absolute Gasteiger partial charge is 0.272 e. The van der Waals surface area contributed by atoms with E-state index >= 15 is 0 Å². The van der Waals surface area contributed by atoms with Crippen LogP contribution in [0.3, 0.4) is 0 Å². The van der Waals surface area contributed by atoms with Crippen molar-refractivity contribution in [3.05, 3.63) is 52.7 Å². The topological polar surface area (TPSA) is 103 Å². The Balaban J connectivity index is 1.58. The monoisotopic (exact) mass is 540 g/mol. The van der Waals surface area contributed by atoms with E-state index in [4.69, 9.17) is 4.74 Å². The van der Waals surface area contributed by atoms with E-state index in [0.717, 1.165) is 25.8 Å². The molecule has 1 aliphatic carbocycles. The van der Waals surface area contributed by atoms with Gasteiger partial charge in [-0.25, -0.2) is 23.3 Å². The lowest BCUT2D eigenvalue weighted by atomic mass is 10.1. The molecule has 0 aliphatic heterocycles. The van der Waals surface area contributed by atoms with Crippen molar-refractivity contribution in [3.63, 3.8) is 0 Å². The minimum Gasteiger partial charge on any atom is -0.361 e. The third-order valence-corrected chi connectivity index (χ3v) is 8.18. The van der Waals surface area contributed by atoms with Crippen LogP contribution in [0.1, 0.15) is 25.3 Å². The summed E-state index contributed by atoms with van der Waals surface area (Å²) in [6.07, 6.45) is 5.96. The molecule has 4 aromatic heterocycles. The van der Waals surface area contributed by atoms with Crippen LogP contribution in [0.2, 0.25) is 25.7 Å². The number of carbonyl (C=O) groups is 1. The SMILES string of the molecule is CC(F)(F)c1ccc2nc(-c3cn(COCC[Si](C)(C)C)c(=O)c4cnc(NC(=O)C5CC5)cc34)nn2c1. The molecule has 5 rings (SSSR count). The van der Waals surface area contributed by atoms with Gasteiger partial charge in [-0.1, -0.05) is 19.6 Å².